The number of anilines is 1. The van der Waals surface area contributed by atoms with E-state index in [0.29, 0.717) is 5.02 Å². The summed E-state index contributed by atoms with van der Waals surface area (Å²) < 4.78 is 0. The maximum atomic E-state index is 10.7. The van der Waals surface area contributed by atoms with Crippen LogP contribution in [0.4, 0.5) is 5.69 Å². The van der Waals surface area contributed by atoms with Gasteiger partial charge in [0.1, 0.15) is 0 Å². The van der Waals surface area contributed by atoms with Gasteiger partial charge in [0.15, 0.2) is 0 Å². The minimum Gasteiger partial charge on any atom is -0.478 e. The minimum atomic E-state index is -0.942. The van der Waals surface area contributed by atoms with Crippen LogP contribution in [-0.4, -0.2) is 24.2 Å². The van der Waals surface area contributed by atoms with E-state index >= 15 is 0 Å². The van der Waals surface area contributed by atoms with Crippen molar-refractivity contribution in [1.82, 2.24) is 0 Å². The average Bonchev–Trinajstić information content (AvgIpc) is 2.46. The van der Waals surface area contributed by atoms with E-state index in [1.165, 1.54) is 31.8 Å². The van der Waals surface area contributed by atoms with Gasteiger partial charge in [-0.05, 0) is 48.6 Å². The summed E-state index contributed by atoms with van der Waals surface area (Å²) in [5, 5.41) is 9.44. The first kappa shape index (κ1) is 15.9. The lowest BCUT2D eigenvalue weighted by Gasteiger charge is -2.34. The molecule has 1 fully saturated rings. The fourth-order valence-corrected chi connectivity index (χ4v) is 3.16. The first-order chi connectivity index (χ1) is 10.1. The molecule has 0 bridgehead atoms. The van der Waals surface area contributed by atoms with Crippen molar-refractivity contribution in [3.8, 4) is 0 Å². The highest BCUT2D eigenvalue weighted by Gasteiger charge is 2.20. The molecule has 114 valence electrons. The van der Waals surface area contributed by atoms with Gasteiger partial charge in [-0.25, -0.2) is 4.79 Å². The molecule has 0 spiro atoms. The summed E-state index contributed by atoms with van der Waals surface area (Å²) in [6.45, 7) is 4.29. The molecule has 4 heteroatoms. The lowest BCUT2D eigenvalue weighted by molar-refractivity contribution is -0.131. The van der Waals surface area contributed by atoms with E-state index in [-0.39, 0.29) is 0 Å². The van der Waals surface area contributed by atoms with E-state index in [4.69, 9.17) is 16.7 Å². The summed E-state index contributed by atoms with van der Waals surface area (Å²) in [5.41, 5.74) is 1.95. The maximum absolute atomic E-state index is 10.7. The van der Waals surface area contributed by atoms with Gasteiger partial charge >= 0.3 is 5.97 Å². The molecule has 0 radical (unpaired) electrons. The molecule has 21 heavy (non-hydrogen) atoms. The Morgan fingerprint density at radius 2 is 2.14 bits per heavy atom. The second-order valence-corrected chi connectivity index (χ2v) is 6.03. The van der Waals surface area contributed by atoms with Crippen molar-refractivity contribution in [2.45, 2.75) is 32.6 Å². The predicted octanol–water partition coefficient (Wildman–Crippen LogP) is 4.45. The molecule has 1 heterocycles. The van der Waals surface area contributed by atoms with E-state index in [0.717, 1.165) is 30.3 Å². The molecule has 0 aliphatic carbocycles. The first-order valence-electron chi connectivity index (χ1n) is 7.55. The number of hydrogen-bond acceptors (Lipinski definition) is 2. The largest absolute Gasteiger partial charge is 0.478 e. The summed E-state index contributed by atoms with van der Waals surface area (Å²) in [7, 11) is 0. The summed E-state index contributed by atoms with van der Waals surface area (Å²) >= 11 is 6.04. The van der Waals surface area contributed by atoms with Gasteiger partial charge in [-0.15, -0.1) is 0 Å². The number of carboxylic acid groups (broad SMARTS) is 1. The molecule has 0 saturated carbocycles. The highest BCUT2D eigenvalue weighted by Crippen LogP contribution is 2.30. The summed E-state index contributed by atoms with van der Waals surface area (Å²) in [6.07, 6.45) is 7.76. The van der Waals surface area contributed by atoms with Crippen LogP contribution in [0.5, 0.6) is 0 Å². The number of halogens is 1. The third-order valence-corrected chi connectivity index (χ3v) is 4.28. The lowest BCUT2D eigenvalue weighted by Crippen LogP contribution is -2.34. The van der Waals surface area contributed by atoms with Crippen LogP contribution in [0.15, 0.2) is 24.3 Å². The number of piperidine rings is 1. The van der Waals surface area contributed by atoms with Gasteiger partial charge in [0.05, 0.1) is 0 Å². The fourth-order valence-electron chi connectivity index (χ4n) is 2.98. The zero-order valence-corrected chi connectivity index (χ0v) is 13.1. The van der Waals surface area contributed by atoms with Crippen LogP contribution in [0.3, 0.4) is 0 Å². The maximum Gasteiger partial charge on any atom is 0.328 e. The molecule has 0 unspecified atom stereocenters. The molecule has 1 aromatic rings. The Bertz CT molecular complexity index is 520. The quantitative estimate of drug-likeness (QED) is 0.817. The fraction of sp³-hybridized carbons (Fsp3) is 0.471. The number of nitrogens with zero attached hydrogens (tertiary/aromatic N) is 1. The Morgan fingerprint density at radius 3 is 2.76 bits per heavy atom. The van der Waals surface area contributed by atoms with Gasteiger partial charge in [-0.2, -0.15) is 0 Å². The molecule has 2 rings (SSSR count). The predicted molar refractivity (Wildman–Crippen MR) is 88.0 cm³/mol. The number of hydrogen-bond donors (Lipinski definition) is 1. The third kappa shape index (κ3) is 4.50. The van der Waals surface area contributed by atoms with Crippen LogP contribution in [0.2, 0.25) is 5.02 Å². The molecule has 0 amide bonds. The van der Waals surface area contributed by atoms with E-state index in [2.05, 4.69) is 11.8 Å². The molecule has 3 nitrogen and oxygen atoms in total. The molecule has 0 atom stereocenters. The van der Waals surface area contributed by atoms with Crippen molar-refractivity contribution >= 4 is 29.3 Å². The Hall–Kier alpha value is -1.48. The monoisotopic (exact) mass is 307 g/mol. The standard InChI is InChI=1S/C17H22ClNO2/c1-2-3-13-8-10-19(11-9-13)16-6-5-15(18)12-14(16)4-7-17(20)21/h4-7,12-13H,2-3,8-11H2,1H3,(H,20,21)/b7-4+. The lowest BCUT2D eigenvalue weighted by atomic mass is 9.92. The van der Waals surface area contributed by atoms with Crippen LogP contribution < -0.4 is 4.90 Å². The molecule has 1 aromatic carbocycles. The Labute approximate surface area is 131 Å². The molecule has 1 aliphatic rings. The molecular formula is C17H22ClNO2. The zero-order chi connectivity index (χ0) is 15.2. The third-order valence-electron chi connectivity index (χ3n) is 4.05. The van der Waals surface area contributed by atoms with Crippen LogP contribution >= 0.6 is 11.6 Å². The highest BCUT2D eigenvalue weighted by atomic mass is 35.5. The number of benzene rings is 1. The topological polar surface area (TPSA) is 40.5 Å². The van der Waals surface area contributed by atoms with Crippen molar-refractivity contribution in [3.05, 3.63) is 34.9 Å². The van der Waals surface area contributed by atoms with Gasteiger partial charge in [-0.3, -0.25) is 0 Å². The summed E-state index contributed by atoms with van der Waals surface area (Å²) in [6, 6.07) is 5.69. The van der Waals surface area contributed by atoms with E-state index in [1.807, 2.05) is 18.2 Å². The molecule has 0 aromatic heterocycles. The van der Waals surface area contributed by atoms with Crippen LogP contribution in [0, 0.1) is 5.92 Å². The Kier molecular flexibility index (Phi) is 5.68. The van der Waals surface area contributed by atoms with E-state index in [1.54, 1.807) is 6.08 Å². The smallest absolute Gasteiger partial charge is 0.328 e. The average molecular weight is 308 g/mol. The Balaban J connectivity index is 2.14. The van der Waals surface area contributed by atoms with Crippen LogP contribution in [-0.2, 0) is 4.79 Å². The van der Waals surface area contributed by atoms with Crippen molar-refractivity contribution in [2.75, 3.05) is 18.0 Å². The number of aliphatic carboxylic acids is 1. The summed E-state index contributed by atoms with van der Waals surface area (Å²) in [5.74, 6) is -0.112. The first-order valence-corrected chi connectivity index (χ1v) is 7.93. The van der Waals surface area contributed by atoms with Gasteiger partial charge < -0.3 is 10.0 Å². The zero-order valence-electron chi connectivity index (χ0n) is 12.4. The second-order valence-electron chi connectivity index (χ2n) is 5.59. The SMILES string of the molecule is CCCC1CCN(c2ccc(Cl)cc2/C=C/C(=O)O)CC1. The molecular weight excluding hydrogens is 286 g/mol. The van der Waals surface area contributed by atoms with Crippen molar-refractivity contribution in [3.63, 3.8) is 0 Å². The van der Waals surface area contributed by atoms with Gasteiger partial charge in [-0.1, -0.05) is 31.4 Å². The normalized spacial score (nSPS) is 16.6. The van der Waals surface area contributed by atoms with E-state index < -0.39 is 5.97 Å². The Morgan fingerprint density at radius 1 is 1.43 bits per heavy atom. The number of carbonyl (C=O) groups is 1. The molecule has 1 N–H and O–H groups in total. The van der Waals surface area contributed by atoms with E-state index in [9.17, 15) is 4.79 Å². The van der Waals surface area contributed by atoms with Gasteiger partial charge in [0, 0.05) is 29.9 Å². The van der Waals surface area contributed by atoms with Crippen molar-refractivity contribution in [2.24, 2.45) is 5.92 Å². The minimum absolute atomic E-state index is 0.629. The van der Waals surface area contributed by atoms with Gasteiger partial charge in [0.2, 0.25) is 0 Å². The number of carboxylic acids is 1. The van der Waals surface area contributed by atoms with Gasteiger partial charge in [0.25, 0.3) is 0 Å². The van der Waals surface area contributed by atoms with Crippen molar-refractivity contribution in [1.29, 1.82) is 0 Å². The highest BCUT2D eigenvalue weighted by molar-refractivity contribution is 6.30. The van der Waals surface area contributed by atoms with Crippen LogP contribution in [0.1, 0.15) is 38.2 Å². The second kappa shape index (κ2) is 7.51. The van der Waals surface area contributed by atoms with Crippen molar-refractivity contribution < 1.29 is 9.90 Å². The molecule has 1 saturated heterocycles. The number of rotatable bonds is 5. The molecule has 1 aliphatic heterocycles. The van der Waals surface area contributed by atoms with Crippen LogP contribution in [0.25, 0.3) is 6.08 Å². The summed E-state index contributed by atoms with van der Waals surface area (Å²) in [4.78, 5) is 13.1.